The van der Waals surface area contributed by atoms with E-state index in [1.54, 1.807) is 19.2 Å². The topological polar surface area (TPSA) is 92.9 Å². The lowest BCUT2D eigenvalue weighted by Gasteiger charge is -2.13. The molecule has 1 amide bonds. The molecule has 0 aliphatic heterocycles. The van der Waals surface area contributed by atoms with Crippen LogP contribution in [0.2, 0.25) is 0 Å². The van der Waals surface area contributed by atoms with Crippen molar-refractivity contribution in [1.82, 2.24) is 15.3 Å². The molecule has 16 heavy (non-hydrogen) atoms. The third-order valence-corrected chi connectivity index (χ3v) is 1.97. The number of rotatable bonds is 5. The third kappa shape index (κ3) is 3.72. The minimum atomic E-state index is -0.381. The van der Waals surface area contributed by atoms with E-state index in [2.05, 4.69) is 20.6 Å². The molecule has 1 rings (SSSR count). The molecule has 0 saturated heterocycles. The van der Waals surface area contributed by atoms with E-state index in [9.17, 15) is 4.79 Å². The summed E-state index contributed by atoms with van der Waals surface area (Å²) in [7, 11) is 0. The normalized spacial score (nSPS) is 11.9. The van der Waals surface area contributed by atoms with Crippen LogP contribution in [0.25, 0.3) is 0 Å². The first-order valence-corrected chi connectivity index (χ1v) is 5.26. The number of carbonyl (C=O) groups is 1. The highest BCUT2D eigenvalue weighted by Gasteiger charge is 2.12. The second-order valence-electron chi connectivity index (χ2n) is 3.46. The summed E-state index contributed by atoms with van der Waals surface area (Å²) in [6, 6.07) is 1.21. The Hall–Kier alpha value is -1.85. The summed E-state index contributed by atoms with van der Waals surface area (Å²) in [4.78, 5) is 19.4. The Morgan fingerprint density at radius 2 is 2.38 bits per heavy atom. The summed E-state index contributed by atoms with van der Waals surface area (Å²) in [6.45, 7) is 4.42. The highest BCUT2D eigenvalue weighted by molar-refractivity contribution is 5.83. The second kappa shape index (κ2) is 5.89. The molecule has 0 spiro atoms. The lowest BCUT2D eigenvalue weighted by atomic mass is 10.3. The molecule has 88 valence electrons. The van der Waals surface area contributed by atoms with Crippen molar-refractivity contribution in [3.8, 4) is 0 Å². The average molecular weight is 223 g/mol. The number of nitrogens with two attached hydrogens (primary N) is 1. The summed E-state index contributed by atoms with van der Waals surface area (Å²) in [5, 5.41) is 5.66. The SMILES string of the molecule is CCCNC(=O)C(C)Nc1nccc(N)n1. The van der Waals surface area contributed by atoms with Crippen molar-refractivity contribution in [3.05, 3.63) is 12.3 Å². The molecular formula is C10H17N5O. The molecule has 6 nitrogen and oxygen atoms in total. The molecule has 1 heterocycles. The number of hydrogen-bond acceptors (Lipinski definition) is 5. The van der Waals surface area contributed by atoms with Crippen molar-refractivity contribution in [2.75, 3.05) is 17.6 Å². The monoisotopic (exact) mass is 223 g/mol. The number of carbonyl (C=O) groups excluding carboxylic acids is 1. The zero-order chi connectivity index (χ0) is 12.0. The minimum absolute atomic E-state index is 0.0760. The highest BCUT2D eigenvalue weighted by atomic mass is 16.2. The maximum atomic E-state index is 11.5. The number of hydrogen-bond donors (Lipinski definition) is 3. The van der Waals surface area contributed by atoms with Crippen LogP contribution in [0.3, 0.4) is 0 Å². The van der Waals surface area contributed by atoms with Gasteiger partial charge in [-0.25, -0.2) is 4.98 Å². The van der Waals surface area contributed by atoms with Gasteiger partial charge in [-0.05, 0) is 19.4 Å². The Labute approximate surface area is 94.7 Å². The van der Waals surface area contributed by atoms with E-state index in [0.29, 0.717) is 18.3 Å². The second-order valence-corrected chi connectivity index (χ2v) is 3.46. The zero-order valence-corrected chi connectivity index (χ0v) is 9.53. The third-order valence-electron chi connectivity index (χ3n) is 1.97. The Morgan fingerprint density at radius 3 is 3.00 bits per heavy atom. The molecule has 6 heteroatoms. The maximum Gasteiger partial charge on any atom is 0.242 e. The fraction of sp³-hybridized carbons (Fsp3) is 0.500. The molecular weight excluding hydrogens is 206 g/mol. The van der Waals surface area contributed by atoms with E-state index >= 15 is 0 Å². The quantitative estimate of drug-likeness (QED) is 0.671. The number of nitrogens with zero attached hydrogens (tertiary/aromatic N) is 2. The van der Waals surface area contributed by atoms with Crippen LogP contribution in [0.4, 0.5) is 11.8 Å². The molecule has 1 unspecified atom stereocenters. The lowest BCUT2D eigenvalue weighted by Crippen LogP contribution is -2.38. The molecule has 0 fully saturated rings. The molecule has 4 N–H and O–H groups in total. The van der Waals surface area contributed by atoms with Gasteiger partial charge in [0.25, 0.3) is 0 Å². The first kappa shape index (κ1) is 12.2. The average Bonchev–Trinajstić information content (AvgIpc) is 2.25. The van der Waals surface area contributed by atoms with E-state index in [-0.39, 0.29) is 11.9 Å². The fourth-order valence-electron chi connectivity index (χ4n) is 1.10. The molecule has 1 aromatic heterocycles. The van der Waals surface area contributed by atoms with E-state index in [1.165, 1.54) is 0 Å². The van der Waals surface area contributed by atoms with Gasteiger partial charge in [-0.15, -0.1) is 0 Å². The molecule has 1 atom stereocenters. The van der Waals surface area contributed by atoms with Crippen molar-refractivity contribution in [2.24, 2.45) is 0 Å². The van der Waals surface area contributed by atoms with Gasteiger partial charge in [-0.1, -0.05) is 6.92 Å². The van der Waals surface area contributed by atoms with Gasteiger partial charge in [0.05, 0.1) is 0 Å². The summed E-state index contributed by atoms with van der Waals surface area (Å²) < 4.78 is 0. The van der Waals surface area contributed by atoms with Crippen molar-refractivity contribution in [2.45, 2.75) is 26.3 Å². The van der Waals surface area contributed by atoms with Gasteiger partial charge in [0.1, 0.15) is 11.9 Å². The Morgan fingerprint density at radius 1 is 1.62 bits per heavy atom. The van der Waals surface area contributed by atoms with Gasteiger partial charge in [-0.2, -0.15) is 4.98 Å². The van der Waals surface area contributed by atoms with Crippen LogP contribution in [0.5, 0.6) is 0 Å². The van der Waals surface area contributed by atoms with Crippen molar-refractivity contribution in [3.63, 3.8) is 0 Å². The van der Waals surface area contributed by atoms with E-state index in [0.717, 1.165) is 6.42 Å². The van der Waals surface area contributed by atoms with Crippen LogP contribution in [-0.4, -0.2) is 28.5 Å². The first-order valence-electron chi connectivity index (χ1n) is 5.26. The summed E-state index contributed by atoms with van der Waals surface area (Å²) in [6.07, 6.45) is 2.45. The molecule has 0 radical (unpaired) electrons. The van der Waals surface area contributed by atoms with Crippen LogP contribution >= 0.6 is 0 Å². The molecule has 0 aliphatic carbocycles. The number of aromatic nitrogens is 2. The first-order chi connectivity index (χ1) is 7.63. The van der Waals surface area contributed by atoms with Gasteiger partial charge in [0, 0.05) is 12.7 Å². The van der Waals surface area contributed by atoms with Gasteiger partial charge < -0.3 is 16.4 Å². The van der Waals surface area contributed by atoms with Crippen LogP contribution in [0, 0.1) is 0 Å². The Balaban J connectivity index is 2.50. The minimum Gasteiger partial charge on any atom is -0.384 e. The molecule has 0 aromatic carbocycles. The van der Waals surface area contributed by atoms with E-state index < -0.39 is 0 Å². The van der Waals surface area contributed by atoms with Gasteiger partial charge in [0.15, 0.2) is 0 Å². The van der Waals surface area contributed by atoms with Crippen LogP contribution < -0.4 is 16.4 Å². The number of nitrogen functional groups attached to an aromatic ring is 1. The summed E-state index contributed by atoms with van der Waals surface area (Å²) in [5.41, 5.74) is 5.50. The molecule has 1 aromatic rings. The highest BCUT2D eigenvalue weighted by Crippen LogP contribution is 2.02. The maximum absolute atomic E-state index is 11.5. The van der Waals surface area contributed by atoms with Crippen LogP contribution in [0.15, 0.2) is 12.3 Å². The lowest BCUT2D eigenvalue weighted by molar-refractivity contribution is -0.121. The number of amides is 1. The van der Waals surface area contributed by atoms with Gasteiger partial charge >= 0.3 is 0 Å². The Kier molecular flexibility index (Phi) is 4.50. The van der Waals surface area contributed by atoms with Crippen molar-refractivity contribution < 1.29 is 4.79 Å². The smallest absolute Gasteiger partial charge is 0.242 e. The predicted octanol–water partition coefficient (Wildman–Crippen LogP) is 0.385. The Bertz CT molecular complexity index is 355. The van der Waals surface area contributed by atoms with Gasteiger partial charge in [-0.3, -0.25) is 4.79 Å². The number of anilines is 2. The number of nitrogens with one attached hydrogen (secondary N) is 2. The zero-order valence-electron chi connectivity index (χ0n) is 9.53. The fourth-order valence-corrected chi connectivity index (χ4v) is 1.10. The molecule has 0 saturated carbocycles. The van der Waals surface area contributed by atoms with E-state index in [4.69, 9.17) is 5.73 Å². The van der Waals surface area contributed by atoms with E-state index in [1.807, 2.05) is 6.92 Å². The summed E-state index contributed by atoms with van der Waals surface area (Å²) in [5.74, 6) is 0.658. The largest absolute Gasteiger partial charge is 0.384 e. The molecule has 0 bridgehead atoms. The van der Waals surface area contributed by atoms with Crippen molar-refractivity contribution in [1.29, 1.82) is 0 Å². The van der Waals surface area contributed by atoms with Crippen LogP contribution in [0.1, 0.15) is 20.3 Å². The van der Waals surface area contributed by atoms with Gasteiger partial charge in [0.2, 0.25) is 11.9 Å². The summed E-state index contributed by atoms with van der Waals surface area (Å²) >= 11 is 0. The molecule has 0 aliphatic rings. The van der Waals surface area contributed by atoms with Crippen LogP contribution in [-0.2, 0) is 4.79 Å². The van der Waals surface area contributed by atoms with Crippen molar-refractivity contribution >= 4 is 17.7 Å². The predicted molar refractivity (Wildman–Crippen MR) is 62.8 cm³/mol. The standard InChI is InChI=1S/C10H17N5O/c1-3-5-12-9(16)7(2)14-10-13-6-4-8(11)15-10/h4,6-7H,3,5H2,1-2H3,(H,12,16)(H3,11,13,14,15).